The van der Waals surface area contributed by atoms with Gasteiger partial charge in [0.05, 0.1) is 11.2 Å². The topological polar surface area (TPSA) is 43.1 Å². The molecule has 0 radical (unpaired) electrons. The van der Waals surface area contributed by atoms with Gasteiger partial charge in [-0.25, -0.2) is 8.91 Å². The summed E-state index contributed by atoms with van der Waals surface area (Å²) in [4.78, 5) is 4.26. The SMILES string of the molecule is Fc1cccc2ccc3c(-c4ccccn4)nnn3c12. The Balaban J connectivity index is 2.10. The number of para-hydroxylation sites is 1. The first-order valence-corrected chi connectivity index (χ1v) is 6.18. The monoisotopic (exact) mass is 264 g/mol. The van der Waals surface area contributed by atoms with Gasteiger partial charge < -0.3 is 0 Å². The Labute approximate surface area is 113 Å². The molecule has 0 saturated carbocycles. The molecule has 0 aliphatic rings. The van der Waals surface area contributed by atoms with Crippen LogP contribution in [0.4, 0.5) is 4.39 Å². The van der Waals surface area contributed by atoms with E-state index in [4.69, 9.17) is 0 Å². The molecular weight excluding hydrogens is 255 g/mol. The summed E-state index contributed by atoms with van der Waals surface area (Å²) in [5.74, 6) is -0.314. The maximum atomic E-state index is 14.0. The lowest BCUT2D eigenvalue weighted by Gasteiger charge is -2.02. The van der Waals surface area contributed by atoms with E-state index in [0.717, 1.165) is 16.6 Å². The Morgan fingerprint density at radius 2 is 1.90 bits per heavy atom. The quantitative estimate of drug-likeness (QED) is 0.530. The van der Waals surface area contributed by atoms with Crippen molar-refractivity contribution in [3.05, 3.63) is 60.5 Å². The molecule has 0 fully saturated rings. The van der Waals surface area contributed by atoms with E-state index < -0.39 is 0 Å². The van der Waals surface area contributed by atoms with E-state index in [1.807, 2.05) is 36.4 Å². The molecule has 0 spiro atoms. The highest BCUT2D eigenvalue weighted by Crippen LogP contribution is 2.25. The van der Waals surface area contributed by atoms with Crippen molar-refractivity contribution >= 4 is 16.4 Å². The molecule has 5 heteroatoms. The minimum absolute atomic E-state index is 0.314. The Hall–Kier alpha value is -2.82. The van der Waals surface area contributed by atoms with Crippen LogP contribution in [0.15, 0.2) is 54.7 Å². The minimum Gasteiger partial charge on any atom is -0.254 e. The molecule has 0 amide bonds. The van der Waals surface area contributed by atoms with Crippen LogP contribution in [0.3, 0.4) is 0 Å². The summed E-state index contributed by atoms with van der Waals surface area (Å²) < 4.78 is 15.5. The van der Waals surface area contributed by atoms with Crippen molar-refractivity contribution in [3.63, 3.8) is 0 Å². The van der Waals surface area contributed by atoms with Crippen LogP contribution in [0, 0.1) is 5.82 Å². The average molecular weight is 264 g/mol. The van der Waals surface area contributed by atoms with Gasteiger partial charge in [0.15, 0.2) is 0 Å². The molecule has 0 N–H and O–H groups in total. The molecule has 0 atom stereocenters. The molecule has 1 aromatic carbocycles. The van der Waals surface area contributed by atoms with Gasteiger partial charge in [0, 0.05) is 11.6 Å². The molecule has 4 aromatic rings. The van der Waals surface area contributed by atoms with Gasteiger partial charge in [-0.05, 0) is 24.3 Å². The zero-order valence-electron chi connectivity index (χ0n) is 10.4. The number of hydrogen-bond acceptors (Lipinski definition) is 3. The van der Waals surface area contributed by atoms with Gasteiger partial charge in [0.1, 0.15) is 17.0 Å². The van der Waals surface area contributed by atoms with Crippen LogP contribution >= 0.6 is 0 Å². The van der Waals surface area contributed by atoms with E-state index in [2.05, 4.69) is 15.3 Å². The summed E-state index contributed by atoms with van der Waals surface area (Å²) in [5, 5.41) is 9.00. The average Bonchev–Trinajstić information content (AvgIpc) is 2.92. The Morgan fingerprint density at radius 3 is 2.75 bits per heavy atom. The third kappa shape index (κ3) is 1.50. The Kier molecular flexibility index (Phi) is 2.26. The van der Waals surface area contributed by atoms with Crippen molar-refractivity contribution in [1.82, 2.24) is 19.8 Å². The summed E-state index contributed by atoms with van der Waals surface area (Å²) in [6.07, 6.45) is 1.70. The van der Waals surface area contributed by atoms with Gasteiger partial charge in [-0.1, -0.05) is 29.5 Å². The maximum absolute atomic E-state index is 14.0. The van der Waals surface area contributed by atoms with Crippen LogP contribution in [0.25, 0.3) is 27.8 Å². The number of nitrogens with zero attached hydrogens (tertiary/aromatic N) is 4. The summed E-state index contributed by atoms with van der Waals surface area (Å²) >= 11 is 0. The molecule has 0 aliphatic carbocycles. The van der Waals surface area contributed by atoms with Crippen LogP contribution < -0.4 is 0 Å². The number of rotatable bonds is 1. The van der Waals surface area contributed by atoms with Crippen molar-refractivity contribution in [2.45, 2.75) is 0 Å². The number of benzene rings is 1. The third-order valence-corrected chi connectivity index (χ3v) is 3.26. The van der Waals surface area contributed by atoms with E-state index in [9.17, 15) is 4.39 Å². The van der Waals surface area contributed by atoms with Gasteiger partial charge in [-0.15, -0.1) is 5.10 Å². The molecule has 0 bridgehead atoms. The van der Waals surface area contributed by atoms with Gasteiger partial charge in [-0.2, -0.15) is 0 Å². The van der Waals surface area contributed by atoms with Crippen LogP contribution in [0.2, 0.25) is 0 Å². The zero-order valence-corrected chi connectivity index (χ0v) is 10.4. The first-order chi connectivity index (χ1) is 9.84. The molecule has 4 nitrogen and oxygen atoms in total. The van der Waals surface area contributed by atoms with Crippen LogP contribution in [-0.2, 0) is 0 Å². The summed E-state index contributed by atoms with van der Waals surface area (Å²) in [5.41, 5.74) is 2.54. The fourth-order valence-electron chi connectivity index (χ4n) is 2.35. The zero-order chi connectivity index (χ0) is 13.5. The van der Waals surface area contributed by atoms with Crippen molar-refractivity contribution in [2.24, 2.45) is 0 Å². The van der Waals surface area contributed by atoms with Crippen molar-refractivity contribution in [1.29, 1.82) is 0 Å². The van der Waals surface area contributed by atoms with Crippen LogP contribution in [-0.4, -0.2) is 19.8 Å². The van der Waals surface area contributed by atoms with Gasteiger partial charge in [-0.3, -0.25) is 4.98 Å². The number of aromatic nitrogens is 4. The number of halogens is 1. The second-order valence-electron chi connectivity index (χ2n) is 4.46. The van der Waals surface area contributed by atoms with E-state index in [-0.39, 0.29) is 5.82 Å². The molecule has 96 valence electrons. The molecule has 0 unspecified atom stereocenters. The maximum Gasteiger partial charge on any atom is 0.149 e. The Bertz CT molecular complexity index is 915. The molecule has 4 rings (SSSR count). The fourth-order valence-corrected chi connectivity index (χ4v) is 2.35. The molecule has 3 heterocycles. The van der Waals surface area contributed by atoms with Crippen molar-refractivity contribution in [2.75, 3.05) is 0 Å². The van der Waals surface area contributed by atoms with Crippen molar-refractivity contribution in [3.8, 4) is 11.4 Å². The predicted molar refractivity (Wildman–Crippen MR) is 73.7 cm³/mol. The number of hydrogen-bond donors (Lipinski definition) is 0. The highest BCUT2D eigenvalue weighted by Gasteiger charge is 2.13. The molecule has 20 heavy (non-hydrogen) atoms. The van der Waals surface area contributed by atoms with Gasteiger partial charge >= 0.3 is 0 Å². The molecule has 3 aromatic heterocycles. The first kappa shape index (κ1) is 11.0. The summed E-state index contributed by atoms with van der Waals surface area (Å²) in [7, 11) is 0. The number of fused-ring (bicyclic) bond motifs is 3. The smallest absolute Gasteiger partial charge is 0.149 e. The second-order valence-corrected chi connectivity index (χ2v) is 4.46. The predicted octanol–water partition coefficient (Wildman–Crippen LogP) is 3.08. The standard InChI is InChI=1S/C15H9FN4/c16-11-5-3-4-10-7-8-13-14(12-6-1-2-9-17-12)18-19-20(13)15(10)11/h1-9H. The Morgan fingerprint density at radius 1 is 0.950 bits per heavy atom. The highest BCUT2D eigenvalue weighted by molar-refractivity contribution is 5.86. The summed E-state index contributed by atoms with van der Waals surface area (Å²) in [6.45, 7) is 0. The van der Waals surface area contributed by atoms with E-state index in [1.54, 1.807) is 12.3 Å². The lowest BCUT2D eigenvalue weighted by Crippen LogP contribution is -1.93. The van der Waals surface area contributed by atoms with Crippen molar-refractivity contribution < 1.29 is 4.39 Å². The normalized spacial score (nSPS) is 11.2. The third-order valence-electron chi connectivity index (χ3n) is 3.26. The lowest BCUT2D eigenvalue weighted by atomic mass is 10.2. The summed E-state index contributed by atoms with van der Waals surface area (Å²) in [6, 6.07) is 14.3. The fraction of sp³-hybridized carbons (Fsp3) is 0. The highest BCUT2D eigenvalue weighted by atomic mass is 19.1. The van der Waals surface area contributed by atoms with E-state index >= 15 is 0 Å². The van der Waals surface area contributed by atoms with E-state index in [1.165, 1.54) is 10.6 Å². The van der Waals surface area contributed by atoms with Gasteiger partial charge in [0.2, 0.25) is 0 Å². The molecular formula is C15H9FN4. The minimum atomic E-state index is -0.314. The van der Waals surface area contributed by atoms with E-state index in [0.29, 0.717) is 11.2 Å². The van der Waals surface area contributed by atoms with Crippen LogP contribution in [0.1, 0.15) is 0 Å². The van der Waals surface area contributed by atoms with Gasteiger partial charge in [0.25, 0.3) is 0 Å². The first-order valence-electron chi connectivity index (χ1n) is 6.18. The van der Waals surface area contributed by atoms with Crippen LogP contribution in [0.5, 0.6) is 0 Å². The molecule has 0 aliphatic heterocycles. The number of pyridine rings is 2. The lowest BCUT2D eigenvalue weighted by molar-refractivity contribution is 0.632. The second kappa shape index (κ2) is 4.09. The molecule has 0 saturated heterocycles. The largest absolute Gasteiger partial charge is 0.254 e.